The SMILES string of the molecule is Cl.Cl.Nc1cccc(NC(=O)c2cnc3c(c2)ncn3C2CCCC2)c1. The van der Waals surface area contributed by atoms with Crippen LogP contribution >= 0.6 is 24.8 Å². The van der Waals surface area contributed by atoms with Crippen LogP contribution < -0.4 is 11.1 Å². The number of fused-ring (bicyclic) bond motifs is 1. The maximum Gasteiger partial charge on any atom is 0.257 e. The second kappa shape index (κ2) is 8.38. The monoisotopic (exact) mass is 393 g/mol. The van der Waals surface area contributed by atoms with E-state index in [9.17, 15) is 4.79 Å². The van der Waals surface area contributed by atoms with Crippen molar-refractivity contribution in [2.24, 2.45) is 0 Å². The molecule has 0 radical (unpaired) electrons. The van der Waals surface area contributed by atoms with Gasteiger partial charge in [-0.05, 0) is 37.1 Å². The molecule has 8 heteroatoms. The predicted octanol–water partition coefficient (Wildman–Crippen LogP) is 4.22. The van der Waals surface area contributed by atoms with E-state index in [2.05, 4.69) is 19.9 Å². The van der Waals surface area contributed by atoms with Gasteiger partial charge in [0.05, 0.1) is 11.9 Å². The normalized spacial score (nSPS) is 13.8. The third kappa shape index (κ3) is 3.92. The van der Waals surface area contributed by atoms with Gasteiger partial charge in [-0.25, -0.2) is 9.97 Å². The zero-order valence-electron chi connectivity index (χ0n) is 14.1. The summed E-state index contributed by atoms with van der Waals surface area (Å²) < 4.78 is 2.14. The quantitative estimate of drug-likeness (QED) is 0.651. The van der Waals surface area contributed by atoms with Crippen molar-refractivity contribution in [3.63, 3.8) is 0 Å². The van der Waals surface area contributed by atoms with Crippen LogP contribution in [0.2, 0.25) is 0 Å². The average Bonchev–Trinajstić information content (AvgIpc) is 3.23. The van der Waals surface area contributed by atoms with Crippen LogP contribution in [-0.2, 0) is 0 Å². The molecule has 0 aliphatic heterocycles. The summed E-state index contributed by atoms with van der Waals surface area (Å²) in [6.07, 6.45) is 8.30. The zero-order chi connectivity index (χ0) is 16.5. The average molecular weight is 394 g/mol. The number of aromatic nitrogens is 3. The molecule has 138 valence electrons. The summed E-state index contributed by atoms with van der Waals surface area (Å²) in [7, 11) is 0. The number of nitrogens with zero attached hydrogens (tertiary/aromatic N) is 3. The number of pyridine rings is 1. The lowest BCUT2D eigenvalue weighted by atomic mass is 10.2. The molecule has 0 bridgehead atoms. The summed E-state index contributed by atoms with van der Waals surface area (Å²) in [6.45, 7) is 0. The summed E-state index contributed by atoms with van der Waals surface area (Å²) in [6, 6.07) is 9.37. The van der Waals surface area contributed by atoms with Crippen molar-refractivity contribution < 1.29 is 4.79 Å². The summed E-state index contributed by atoms with van der Waals surface area (Å²) in [5.74, 6) is -0.217. The van der Waals surface area contributed by atoms with Crippen molar-refractivity contribution in [1.82, 2.24) is 14.5 Å². The van der Waals surface area contributed by atoms with Crippen molar-refractivity contribution in [3.05, 3.63) is 48.4 Å². The number of imidazole rings is 1. The van der Waals surface area contributed by atoms with Crippen molar-refractivity contribution >= 4 is 53.3 Å². The van der Waals surface area contributed by atoms with Gasteiger partial charge < -0.3 is 15.6 Å². The number of nitrogen functional groups attached to an aromatic ring is 1. The highest BCUT2D eigenvalue weighted by molar-refractivity contribution is 6.05. The molecule has 0 spiro atoms. The second-order valence-corrected chi connectivity index (χ2v) is 6.24. The second-order valence-electron chi connectivity index (χ2n) is 6.24. The van der Waals surface area contributed by atoms with Crippen molar-refractivity contribution in [2.75, 3.05) is 11.1 Å². The van der Waals surface area contributed by atoms with Gasteiger partial charge in [0.1, 0.15) is 5.52 Å². The highest BCUT2D eigenvalue weighted by Crippen LogP contribution is 2.31. The van der Waals surface area contributed by atoms with Gasteiger partial charge in [-0.1, -0.05) is 18.9 Å². The first-order chi connectivity index (χ1) is 11.7. The van der Waals surface area contributed by atoms with Gasteiger partial charge in [0.25, 0.3) is 5.91 Å². The molecule has 1 fully saturated rings. The minimum Gasteiger partial charge on any atom is -0.399 e. The summed E-state index contributed by atoms with van der Waals surface area (Å²) in [5.41, 5.74) is 9.09. The highest BCUT2D eigenvalue weighted by Gasteiger charge is 2.20. The molecule has 2 aromatic heterocycles. The number of halogens is 2. The fourth-order valence-electron chi connectivity index (χ4n) is 3.31. The van der Waals surface area contributed by atoms with E-state index in [0.29, 0.717) is 23.0 Å². The van der Waals surface area contributed by atoms with Gasteiger partial charge in [-0.2, -0.15) is 0 Å². The number of hydrogen-bond donors (Lipinski definition) is 2. The summed E-state index contributed by atoms with van der Waals surface area (Å²) in [5, 5.41) is 2.83. The standard InChI is InChI=1S/C18H19N5O.2ClH/c19-13-4-3-5-14(9-13)22-18(24)12-8-16-17(20-10-12)23(11-21-16)15-6-1-2-7-15;;/h3-5,8-11,15H,1-2,6-7,19H2,(H,22,24);2*1H. The van der Waals surface area contributed by atoms with Gasteiger partial charge in [-0.15, -0.1) is 24.8 Å². The lowest BCUT2D eigenvalue weighted by Gasteiger charge is -2.11. The largest absolute Gasteiger partial charge is 0.399 e. The number of benzene rings is 1. The van der Waals surface area contributed by atoms with E-state index >= 15 is 0 Å². The number of carbonyl (C=O) groups is 1. The molecule has 26 heavy (non-hydrogen) atoms. The van der Waals surface area contributed by atoms with E-state index in [4.69, 9.17) is 5.73 Å². The molecule has 2 heterocycles. The van der Waals surface area contributed by atoms with E-state index in [0.717, 1.165) is 11.2 Å². The van der Waals surface area contributed by atoms with Crippen LogP contribution in [0.1, 0.15) is 42.1 Å². The molecule has 4 rings (SSSR count). The molecule has 6 nitrogen and oxygen atoms in total. The van der Waals surface area contributed by atoms with Crippen LogP contribution in [-0.4, -0.2) is 20.4 Å². The molecule has 3 N–H and O–H groups in total. The third-order valence-electron chi connectivity index (χ3n) is 4.54. The van der Waals surface area contributed by atoms with Gasteiger partial charge in [-0.3, -0.25) is 4.79 Å². The van der Waals surface area contributed by atoms with Crippen LogP contribution in [0.4, 0.5) is 11.4 Å². The Morgan fingerprint density at radius 3 is 2.65 bits per heavy atom. The maximum absolute atomic E-state index is 12.4. The van der Waals surface area contributed by atoms with Crippen LogP contribution in [0.3, 0.4) is 0 Å². The number of amides is 1. The molecule has 1 aliphatic carbocycles. The van der Waals surface area contributed by atoms with Gasteiger partial charge >= 0.3 is 0 Å². The topological polar surface area (TPSA) is 85.8 Å². The Hall–Kier alpha value is -2.31. The summed E-state index contributed by atoms with van der Waals surface area (Å²) in [4.78, 5) is 21.3. The fraction of sp³-hybridized carbons (Fsp3) is 0.278. The molecule has 0 unspecified atom stereocenters. The fourth-order valence-corrected chi connectivity index (χ4v) is 3.31. The van der Waals surface area contributed by atoms with Crippen LogP contribution in [0.5, 0.6) is 0 Å². The molecule has 1 amide bonds. The van der Waals surface area contributed by atoms with Crippen molar-refractivity contribution in [2.45, 2.75) is 31.7 Å². The van der Waals surface area contributed by atoms with E-state index < -0.39 is 0 Å². The highest BCUT2D eigenvalue weighted by atomic mass is 35.5. The van der Waals surface area contributed by atoms with Crippen molar-refractivity contribution in [3.8, 4) is 0 Å². The van der Waals surface area contributed by atoms with Gasteiger partial charge in [0, 0.05) is 23.6 Å². The number of anilines is 2. The molecular weight excluding hydrogens is 373 g/mol. The van der Waals surface area contributed by atoms with Crippen LogP contribution in [0, 0.1) is 0 Å². The minimum atomic E-state index is -0.217. The zero-order valence-corrected chi connectivity index (χ0v) is 15.7. The number of rotatable bonds is 3. The Morgan fingerprint density at radius 1 is 1.15 bits per heavy atom. The lowest BCUT2D eigenvalue weighted by molar-refractivity contribution is 0.102. The van der Waals surface area contributed by atoms with E-state index in [1.54, 1.807) is 36.5 Å². The summed E-state index contributed by atoms with van der Waals surface area (Å²) >= 11 is 0. The molecule has 1 aliphatic rings. The smallest absolute Gasteiger partial charge is 0.257 e. The molecular formula is C18H21Cl2N5O. The first-order valence-corrected chi connectivity index (χ1v) is 8.20. The maximum atomic E-state index is 12.4. The molecule has 0 saturated heterocycles. The Bertz CT molecular complexity index is 905. The van der Waals surface area contributed by atoms with Crippen LogP contribution in [0.25, 0.3) is 11.2 Å². The molecule has 3 aromatic rings. The lowest BCUT2D eigenvalue weighted by Crippen LogP contribution is -2.12. The number of hydrogen-bond acceptors (Lipinski definition) is 4. The van der Waals surface area contributed by atoms with Gasteiger partial charge in [0.15, 0.2) is 5.65 Å². The predicted molar refractivity (Wildman–Crippen MR) is 108 cm³/mol. The first kappa shape index (κ1) is 20.0. The number of nitrogens with two attached hydrogens (primary N) is 1. The number of carbonyl (C=O) groups excluding carboxylic acids is 1. The first-order valence-electron chi connectivity index (χ1n) is 8.20. The Kier molecular flexibility index (Phi) is 6.45. The van der Waals surface area contributed by atoms with E-state index in [1.807, 2.05) is 6.33 Å². The van der Waals surface area contributed by atoms with Gasteiger partial charge in [0.2, 0.25) is 0 Å². The molecule has 0 atom stereocenters. The minimum absolute atomic E-state index is 0. The number of nitrogens with one attached hydrogen (secondary N) is 1. The molecule has 1 saturated carbocycles. The Morgan fingerprint density at radius 2 is 1.92 bits per heavy atom. The van der Waals surface area contributed by atoms with E-state index in [1.165, 1.54) is 25.7 Å². The van der Waals surface area contributed by atoms with Crippen LogP contribution in [0.15, 0.2) is 42.9 Å². The third-order valence-corrected chi connectivity index (χ3v) is 4.54. The Balaban J connectivity index is 0.00000121. The van der Waals surface area contributed by atoms with E-state index in [-0.39, 0.29) is 30.7 Å². The van der Waals surface area contributed by atoms with Crippen molar-refractivity contribution in [1.29, 1.82) is 0 Å². The molecule has 1 aromatic carbocycles. The Labute approximate surface area is 164 Å².